The van der Waals surface area contributed by atoms with Gasteiger partial charge in [-0.3, -0.25) is 15.0 Å². The minimum Gasteiger partial charge on any atom is -0.378 e. The summed E-state index contributed by atoms with van der Waals surface area (Å²) in [4.78, 5) is 16.0. The van der Waals surface area contributed by atoms with E-state index in [0.29, 0.717) is 6.54 Å². The van der Waals surface area contributed by atoms with Crippen LogP contribution in [0, 0.1) is 5.41 Å². The van der Waals surface area contributed by atoms with Crippen molar-refractivity contribution in [2.75, 3.05) is 31.2 Å². The third-order valence-corrected chi connectivity index (χ3v) is 4.21. The number of amides is 1. The van der Waals surface area contributed by atoms with Crippen molar-refractivity contribution in [2.24, 2.45) is 0 Å². The molecule has 7 heteroatoms. The molecular formula is C17H19ClN4O2. The number of hydrogen-bond donors (Lipinski definition) is 2. The second kappa shape index (κ2) is 7.51. The summed E-state index contributed by atoms with van der Waals surface area (Å²) in [7, 11) is 0. The molecule has 1 amide bonds. The summed E-state index contributed by atoms with van der Waals surface area (Å²) in [6.07, 6.45) is 1.79. The van der Waals surface area contributed by atoms with Gasteiger partial charge >= 0.3 is 0 Å². The van der Waals surface area contributed by atoms with Crippen LogP contribution >= 0.6 is 11.8 Å². The summed E-state index contributed by atoms with van der Waals surface area (Å²) in [5.74, 6) is -0.474. The fraction of sp³-hybridized carbons (Fsp3) is 0.294. The van der Waals surface area contributed by atoms with Crippen LogP contribution < -0.4 is 15.2 Å². The van der Waals surface area contributed by atoms with Crippen LogP contribution in [0.5, 0.6) is 0 Å². The van der Waals surface area contributed by atoms with Crippen LogP contribution in [0.25, 0.3) is 0 Å². The monoisotopic (exact) mass is 346 g/mol. The number of halogens is 1. The highest BCUT2D eigenvalue weighted by atomic mass is 35.5. The number of carbonyl (C=O) groups is 1. The third kappa shape index (κ3) is 3.60. The Kier molecular flexibility index (Phi) is 5.17. The molecule has 0 radical (unpaired) electrons. The van der Waals surface area contributed by atoms with Gasteiger partial charge in [-0.25, -0.2) is 0 Å². The summed E-state index contributed by atoms with van der Waals surface area (Å²) in [6.45, 7) is 3.76. The van der Waals surface area contributed by atoms with E-state index in [2.05, 4.69) is 17.0 Å². The van der Waals surface area contributed by atoms with E-state index < -0.39 is 5.91 Å². The maximum atomic E-state index is 11.7. The molecule has 3 rings (SSSR count). The van der Waals surface area contributed by atoms with Crippen LogP contribution in [0.15, 0.2) is 42.6 Å². The van der Waals surface area contributed by atoms with Gasteiger partial charge in [0.25, 0.3) is 5.91 Å². The molecule has 1 aliphatic rings. The lowest BCUT2D eigenvalue weighted by Crippen LogP contribution is -2.36. The Labute approximate surface area is 145 Å². The Balaban J connectivity index is 1.84. The molecule has 1 fully saturated rings. The lowest BCUT2D eigenvalue weighted by atomic mass is 10.1. The summed E-state index contributed by atoms with van der Waals surface area (Å²) in [5.41, 5.74) is 2.60. The molecular weight excluding hydrogens is 328 g/mol. The molecule has 0 saturated carbocycles. The predicted molar refractivity (Wildman–Crippen MR) is 92.2 cm³/mol. The number of nitrogens with one attached hydrogen (secondary N) is 2. The third-order valence-electron chi connectivity index (χ3n) is 4.04. The van der Waals surface area contributed by atoms with Crippen molar-refractivity contribution >= 4 is 23.4 Å². The van der Waals surface area contributed by atoms with Gasteiger partial charge in [-0.05, 0) is 29.8 Å². The Morgan fingerprint density at radius 2 is 2.04 bits per heavy atom. The van der Waals surface area contributed by atoms with E-state index in [9.17, 15) is 4.79 Å². The van der Waals surface area contributed by atoms with E-state index in [-0.39, 0.29) is 11.1 Å². The molecule has 1 aromatic carbocycles. The minimum absolute atomic E-state index is 0.132. The second-order valence-electron chi connectivity index (χ2n) is 5.59. The number of anilines is 1. The maximum absolute atomic E-state index is 11.7. The van der Waals surface area contributed by atoms with Crippen molar-refractivity contribution in [3.63, 3.8) is 0 Å². The number of aromatic nitrogens is 1. The number of nitrogens with zero attached hydrogens (tertiary/aromatic N) is 2. The van der Waals surface area contributed by atoms with E-state index in [1.54, 1.807) is 22.9 Å². The van der Waals surface area contributed by atoms with Crippen molar-refractivity contribution < 1.29 is 9.53 Å². The highest BCUT2D eigenvalue weighted by Crippen LogP contribution is 2.18. The molecule has 2 N–H and O–H groups in total. The van der Waals surface area contributed by atoms with Crippen molar-refractivity contribution in [3.05, 3.63) is 59.2 Å². The molecule has 0 spiro atoms. The van der Waals surface area contributed by atoms with Gasteiger partial charge in [0.15, 0.2) is 0 Å². The molecule has 126 valence electrons. The van der Waals surface area contributed by atoms with Gasteiger partial charge in [-0.1, -0.05) is 12.1 Å². The lowest BCUT2D eigenvalue weighted by Gasteiger charge is -2.29. The Morgan fingerprint density at radius 3 is 2.79 bits per heavy atom. The number of rotatable bonds is 4. The molecule has 1 aromatic heterocycles. The van der Waals surface area contributed by atoms with Crippen LogP contribution in [0.2, 0.25) is 0 Å². The quantitative estimate of drug-likeness (QED) is 0.828. The average Bonchev–Trinajstić information content (AvgIpc) is 2.64. The van der Waals surface area contributed by atoms with Crippen LogP contribution in [-0.2, 0) is 11.3 Å². The van der Waals surface area contributed by atoms with E-state index >= 15 is 0 Å². The molecule has 2 heterocycles. The molecule has 0 unspecified atom stereocenters. The summed E-state index contributed by atoms with van der Waals surface area (Å²) in [5, 5.41) is 8.20. The molecule has 0 aliphatic carbocycles. The van der Waals surface area contributed by atoms with E-state index in [1.807, 2.05) is 17.0 Å². The molecule has 6 nitrogen and oxygen atoms in total. The molecule has 1 aliphatic heterocycles. The largest absolute Gasteiger partial charge is 0.378 e. The fourth-order valence-corrected chi connectivity index (χ4v) is 2.89. The molecule has 1 saturated heterocycles. The highest BCUT2D eigenvalue weighted by Gasteiger charge is 2.12. The van der Waals surface area contributed by atoms with Gasteiger partial charge in [-0.15, -0.1) is 0 Å². The zero-order chi connectivity index (χ0) is 16.9. The fourth-order valence-electron chi connectivity index (χ4n) is 2.79. The van der Waals surface area contributed by atoms with Crippen LogP contribution in [0.4, 0.5) is 5.69 Å². The van der Waals surface area contributed by atoms with Gasteiger partial charge in [0.05, 0.1) is 18.8 Å². The first kappa shape index (κ1) is 16.5. The van der Waals surface area contributed by atoms with Gasteiger partial charge in [-0.2, -0.15) is 0 Å². The lowest BCUT2D eigenvalue weighted by molar-refractivity contribution is 0.0979. The minimum atomic E-state index is -0.474. The molecule has 24 heavy (non-hydrogen) atoms. The topological polar surface area (TPSA) is 70.4 Å². The van der Waals surface area contributed by atoms with Crippen molar-refractivity contribution in [2.45, 2.75) is 6.54 Å². The van der Waals surface area contributed by atoms with Gasteiger partial charge in [0, 0.05) is 43.3 Å². The Morgan fingerprint density at radius 1 is 1.25 bits per heavy atom. The summed E-state index contributed by atoms with van der Waals surface area (Å²) >= 11 is 5.37. The summed E-state index contributed by atoms with van der Waals surface area (Å²) in [6, 6.07) is 11.6. The number of benzene rings is 1. The molecule has 2 aromatic rings. The maximum Gasteiger partial charge on any atom is 0.269 e. The highest BCUT2D eigenvalue weighted by molar-refractivity contribution is 6.24. The number of carbonyl (C=O) groups excluding carboxylic acids is 1. The van der Waals surface area contributed by atoms with Crippen molar-refractivity contribution in [1.29, 1.82) is 5.41 Å². The van der Waals surface area contributed by atoms with E-state index in [4.69, 9.17) is 21.9 Å². The smallest absolute Gasteiger partial charge is 0.269 e. The first-order chi connectivity index (χ1) is 11.7. The second-order valence-corrected chi connectivity index (χ2v) is 5.78. The van der Waals surface area contributed by atoms with Gasteiger partial charge in [0.1, 0.15) is 5.49 Å². The Hall–Kier alpha value is -2.31. The summed E-state index contributed by atoms with van der Waals surface area (Å²) < 4.78 is 7.11. The standard InChI is InChI=1S/C17H19ClN4O2/c18-20-17(23)15-5-2-6-22(16(15)19)12-13-3-1-4-14(11-13)21-7-9-24-10-8-21/h1-6,11,19H,7-10,12H2,(H,20,23). The van der Waals surface area contributed by atoms with Crippen molar-refractivity contribution in [3.8, 4) is 0 Å². The van der Waals surface area contributed by atoms with Crippen molar-refractivity contribution in [1.82, 2.24) is 9.40 Å². The van der Waals surface area contributed by atoms with Crippen LogP contribution in [-0.4, -0.2) is 36.8 Å². The Bertz CT molecular complexity index is 784. The zero-order valence-electron chi connectivity index (χ0n) is 13.2. The number of hydrogen-bond acceptors (Lipinski definition) is 4. The zero-order valence-corrected chi connectivity index (χ0v) is 13.9. The number of morpholine rings is 1. The average molecular weight is 347 g/mol. The molecule has 0 atom stereocenters. The normalized spacial score (nSPS) is 14.5. The van der Waals surface area contributed by atoms with E-state index in [1.165, 1.54) is 0 Å². The first-order valence-electron chi connectivity index (χ1n) is 7.75. The van der Waals surface area contributed by atoms with Gasteiger partial charge in [0.2, 0.25) is 0 Å². The number of ether oxygens (including phenoxy) is 1. The van der Waals surface area contributed by atoms with Crippen LogP contribution in [0.3, 0.4) is 0 Å². The van der Waals surface area contributed by atoms with E-state index in [0.717, 1.165) is 37.6 Å². The first-order valence-corrected chi connectivity index (χ1v) is 8.13. The predicted octanol–water partition coefficient (Wildman–Crippen LogP) is 1.74. The SMILES string of the molecule is N=c1c(C(=O)NCl)cccn1Cc1cccc(N2CCOCC2)c1. The number of pyridine rings is 1. The molecule has 0 bridgehead atoms. The van der Waals surface area contributed by atoms with Gasteiger partial charge < -0.3 is 14.2 Å². The van der Waals surface area contributed by atoms with Crippen LogP contribution in [0.1, 0.15) is 15.9 Å².